The maximum absolute atomic E-state index is 13.0. The zero-order chi connectivity index (χ0) is 13.8. The molecular weight excluding hydrogens is 247 g/mol. The topological polar surface area (TPSA) is 44.0 Å². The zero-order valence-corrected chi connectivity index (χ0v) is 10.7. The van der Waals surface area contributed by atoms with Crippen LogP contribution in [0.15, 0.2) is 41.5 Å². The van der Waals surface area contributed by atoms with Gasteiger partial charge in [-0.05, 0) is 18.6 Å². The number of aromatic nitrogens is 2. The van der Waals surface area contributed by atoms with Gasteiger partial charge in [0.05, 0.1) is 6.54 Å². The molecule has 0 saturated carbocycles. The number of hydrogen-bond donors (Lipinski definition) is 0. The van der Waals surface area contributed by atoms with Gasteiger partial charge in [-0.1, -0.05) is 19.1 Å². The first kappa shape index (κ1) is 13.3. The monoisotopic (exact) mass is 262 g/mol. The number of rotatable bonds is 5. The lowest BCUT2D eigenvalue weighted by atomic mass is 10.1. The summed E-state index contributed by atoms with van der Waals surface area (Å²) in [6.45, 7) is 2.53. The Morgan fingerprint density at radius 3 is 2.68 bits per heavy atom. The molecule has 5 heteroatoms. The third-order valence-electron chi connectivity index (χ3n) is 2.84. The van der Waals surface area contributed by atoms with Crippen LogP contribution in [-0.4, -0.2) is 14.9 Å². The highest BCUT2D eigenvalue weighted by atomic mass is 19.1. The molecule has 0 unspecified atom stereocenters. The summed E-state index contributed by atoms with van der Waals surface area (Å²) in [4.78, 5) is 23.8. The molecule has 0 bridgehead atoms. The number of hydrogen-bond acceptors (Lipinski definition) is 2. The van der Waals surface area contributed by atoms with E-state index in [1.54, 1.807) is 23.0 Å². The number of nitrogens with zero attached hydrogens (tertiary/aromatic N) is 2. The van der Waals surface area contributed by atoms with E-state index in [9.17, 15) is 14.0 Å². The molecule has 0 atom stereocenters. The first-order valence-corrected chi connectivity index (χ1v) is 6.16. The van der Waals surface area contributed by atoms with Crippen LogP contribution in [0.4, 0.5) is 4.39 Å². The van der Waals surface area contributed by atoms with Crippen LogP contribution in [0.1, 0.15) is 23.7 Å². The fourth-order valence-electron chi connectivity index (χ4n) is 1.89. The van der Waals surface area contributed by atoms with Crippen LogP contribution in [-0.2, 0) is 13.1 Å². The number of Topliss-reactive ketones (excluding diaryl/α,β-unsaturated/α-hetero) is 1. The van der Waals surface area contributed by atoms with Crippen molar-refractivity contribution in [1.82, 2.24) is 9.13 Å². The number of halogens is 1. The summed E-state index contributed by atoms with van der Waals surface area (Å²) in [5, 5.41) is 0. The van der Waals surface area contributed by atoms with E-state index in [-0.39, 0.29) is 23.6 Å². The highest BCUT2D eigenvalue weighted by Crippen LogP contribution is 2.05. The lowest BCUT2D eigenvalue weighted by Gasteiger charge is -2.02. The minimum absolute atomic E-state index is 0.0704. The largest absolute Gasteiger partial charge is 0.328 e. The third kappa shape index (κ3) is 2.99. The zero-order valence-electron chi connectivity index (χ0n) is 10.7. The number of imidazole rings is 1. The molecule has 1 aromatic heterocycles. The van der Waals surface area contributed by atoms with Crippen molar-refractivity contribution in [3.8, 4) is 0 Å². The highest BCUT2D eigenvalue weighted by Gasteiger charge is 2.10. The summed E-state index contributed by atoms with van der Waals surface area (Å²) in [7, 11) is 0. The van der Waals surface area contributed by atoms with Crippen LogP contribution in [0, 0.1) is 5.82 Å². The van der Waals surface area contributed by atoms with Crippen molar-refractivity contribution in [3.05, 3.63) is 58.5 Å². The van der Waals surface area contributed by atoms with Gasteiger partial charge in [0.2, 0.25) is 0 Å². The first-order chi connectivity index (χ1) is 9.11. The van der Waals surface area contributed by atoms with Crippen LogP contribution >= 0.6 is 0 Å². The molecule has 19 heavy (non-hydrogen) atoms. The molecule has 0 saturated heterocycles. The van der Waals surface area contributed by atoms with Gasteiger partial charge >= 0.3 is 5.69 Å². The van der Waals surface area contributed by atoms with Crippen molar-refractivity contribution in [1.29, 1.82) is 0 Å². The molecule has 2 aromatic rings. The van der Waals surface area contributed by atoms with Crippen LogP contribution in [0.3, 0.4) is 0 Å². The molecule has 1 aromatic carbocycles. The molecule has 0 N–H and O–H groups in total. The van der Waals surface area contributed by atoms with E-state index < -0.39 is 5.82 Å². The van der Waals surface area contributed by atoms with E-state index in [2.05, 4.69) is 0 Å². The van der Waals surface area contributed by atoms with Gasteiger partial charge in [-0.3, -0.25) is 13.9 Å². The maximum Gasteiger partial charge on any atom is 0.328 e. The Hall–Kier alpha value is -2.17. The third-order valence-corrected chi connectivity index (χ3v) is 2.84. The minimum Gasteiger partial charge on any atom is -0.299 e. The van der Waals surface area contributed by atoms with Gasteiger partial charge < -0.3 is 0 Å². The second-order valence-corrected chi connectivity index (χ2v) is 4.34. The lowest BCUT2D eigenvalue weighted by molar-refractivity contribution is 0.0970. The van der Waals surface area contributed by atoms with Gasteiger partial charge in [-0.15, -0.1) is 0 Å². The number of carbonyl (C=O) groups is 1. The van der Waals surface area contributed by atoms with Crippen molar-refractivity contribution in [2.75, 3.05) is 0 Å². The molecule has 1 heterocycles. The quantitative estimate of drug-likeness (QED) is 0.774. The standard InChI is InChI=1S/C14H15FN2O2/c1-2-6-16-7-8-17(14(16)19)10-13(18)11-4-3-5-12(15)9-11/h3-5,7-9H,2,6,10H2,1H3. The Morgan fingerprint density at radius 2 is 2.00 bits per heavy atom. The molecule has 0 fully saturated rings. The first-order valence-electron chi connectivity index (χ1n) is 6.16. The Labute approximate surface area is 110 Å². The van der Waals surface area contributed by atoms with Gasteiger partial charge in [-0.25, -0.2) is 9.18 Å². The molecule has 0 aliphatic carbocycles. The maximum atomic E-state index is 13.0. The summed E-state index contributed by atoms with van der Waals surface area (Å²) in [6.07, 6.45) is 4.08. The smallest absolute Gasteiger partial charge is 0.299 e. The predicted octanol–water partition coefficient (Wildman–Crippen LogP) is 2.08. The van der Waals surface area contributed by atoms with Crippen molar-refractivity contribution >= 4 is 5.78 Å². The molecule has 2 rings (SSSR count). The molecule has 0 spiro atoms. The van der Waals surface area contributed by atoms with Gasteiger partial charge in [0.15, 0.2) is 5.78 Å². The van der Waals surface area contributed by atoms with Gasteiger partial charge in [0.25, 0.3) is 0 Å². The number of ketones is 1. The van der Waals surface area contributed by atoms with E-state index in [0.29, 0.717) is 6.54 Å². The predicted molar refractivity (Wildman–Crippen MR) is 69.7 cm³/mol. The van der Waals surface area contributed by atoms with Crippen LogP contribution < -0.4 is 5.69 Å². The van der Waals surface area contributed by atoms with E-state index in [4.69, 9.17) is 0 Å². The molecule has 4 nitrogen and oxygen atoms in total. The lowest BCUT2D eigenvalue weighted by Crippen LogP contribution is -2.26. The Kier molecular flexibility index (Phi) is 3.94. The average Bonchev–Trinajstić information content (AvgIpc) is 2.72. The van der Waals surface area contributed by atoms with Crippen LogP contribution in [0.5, 0.6) is 0 Å². The Morgan fingerprint density at radius 1 is 1.26 bits per heavy atom. The van der Waals surface area contributed by atoms with Gasteiger partial charge in [-0.2, -0.15) is 0 Å². The molecule has 0 amide bonds. The van der Waals surface area contributed by atoms with E-state index >= 15 is 0 Å². The van der Waals surface area contributed by atoms with Crippen molar-refractivity contribution in [2.24, 2.45) is 0 Å². The number of benzene rings is 1. The summed E-state index contributed by atoms with van der Waals surface area (Å²) < 4.78 is 15.9. The summed E-state index contributed by atoms with van der Waals surface area (Å²) in [6, 6.07) is 5.48. The molecule has 100 valence electrons. The van der Waals surface area contributed by atoms with E-state index in [1.165, 1.54) is 22.8 Å². The highest BCUT2D eigenvalue weighted by molar-refractivity contribution is 5.95. The second kappa shape index (κ2) is 5.65. The average molecular weight is 262 g/mol. The van der Waals surface area contributed by atoms with E-state index in [0.717, 1.165) is 6.42 Å². The molecule has 0 aliphatic heterocycles. The van der Waals surface area contributed by atoms with Crippen LogP contribution in [0.25, 0.3) is 0 Å². The SMILES string of the molecule is CCCn1ccn(CC(=O)c2cccc(F)c2)c1=O. The molecule has 0 radical (unpaired) electrons. The van der Waals surface area contributed by atoms with Gasteiger partial charge in [0, 0.05) is 24.5 Å². The number of aryl methyl sites for hydroxylation is 1. The van der Waals surface area contributed by atoms with Crippen LogP contribution in [0.2, 0.25) is 0 Å². The van der Waals surface area contributed by atoms with Crippen molar-refractivity contribution < 1.29 is 9.18 Å². The second-order valence-electron chi connectivity index (χ2n) is 4.34. The van der Waals surface area contributed by atoms with Crippen molar-refractivity contribution in [3.63, 3.8) is 0 Å². The molecule has 0 aliphatic rings. The van der Waals surface area contributed by atoms with Crippen molar-refractivity contribution in [2.45, 2.75) is 26.4 Å². The summed E-state index contributed by atoms with van der Waals surface area (Å²) in [5.74, 6) is -0.738. The summed E-state index contributed by atoms with van der Waals surface area (Å²) in [5.41, 5.74) is 0.0572. The fraction of sp³-hybridized carbons (Fsp3) is 0.286. The number of carbonyl (C=O) groups excluding carboxylic acids is 1. The normalized spacial score (nSPS) is 10.6. The fourth-order valence-corrected chi connectivity index (χ4v) is 1.89. The minimum atomic E-state index is -0.457. The Bertz CT molecular complexity index is 643. The Balaban J connectivity index is 2.17. The summed E-state index contributed by atoms with van der Waals surface area (Å²) >= 11 is 0. The molecular formula is C14H15FN2O2. The van der Waals surface area contributed by atoms with Gasteiger partial charge in [0.1, 0.15) is 5.82 Å². The van der Waals surface area contributed by atoms with E-state index in [1.807, 2.05) is 6.92 Å².